The van der Waals surface area contributed by atoms with Crippen LogP contribution < -0.4 is 5.32 Å². The molecule has 1 aromatic carbocycles. The average Bonchev–Trinajstić information content (AvgIpc) is 3.22. The van der Waals surface area contributed by atoms with Gasteiger partial charge in [0.1, 0.15) is 0 Å². The van der Waals surface area contributed by atoms with E-state index in [0.717, 1.165) is 25.9 Å². The highest BCUT2D eigenvalue weighted by atomic mass is 32.2. The molecule has 2 heterocycles. The number of likely N-dealkylation sites (tertiary alicyclic amines) is 1. The van der Waals surface area contributed by atoms with Crippen molar-refractivity contribution in [2.75, 3.05) is 45.6 Å². The molecule has 0 saturated carbocycles. The van der Waals surface area contributed by atoms with E-state index in [1.54, 1.807) is 24.3 Å². The summed E-state index contributed by atoms with van der Waals surface area (Å²) in [5, 5.41) is 2.90. The molecule has 2 fully saturated rings. The second-order valence-corrected chi connectivity index (χ2v) is 9.64. The molecule has 9 heteroatoms. The summed E-state index contributed by atoms with van der Waals surface area (Å²) in [6.07, 6.45) is 2.94. The SMILES string of the molecule is CN(C)S(=O)(=O)N1CCC(C(=O)Nc2ccccc2C(=O)N2CCCC2)CC1. The molecule has 0 unspecified atom stereocenters. The van der Waals surface area contributed by atoms with Crippen molar-refractivity contribution in [1.29, 1.82) is 0 Å². The topological polar surface area (TPSA) is 90.0 Å². The Bertz CT molecular complexity index is 826. The number of nitrogens with one attached hydrogen (secondary N) is 1. The van der Waals surface area contributed by atoms with Crippen molar-refractivity contribution in [3.05, 3.63) is 29.8 Å². The van der Waals surface area contributed by atoms with Gasteiger partial charge < -0.3 is 10.2 Å². The first-order valence-corrected chi connectivity index (χ1v) is 11.1. The van der Waals surface area contributed by atoms with Crippen LogP contribution in [0, 0.1) is 5.92 Å². The Morgan fingerprint density at radius 2 is 1.64 bits per heavy atom. The Hall–Kier alpha value is -1.97. The Morgan fingerprint density at radius 1 is 1.04 bits per heavy atom. The molecular formula is C19H28N4O4S. The zero-order valence-electron chi connectivity index (χ0n) is 16.4. The van der Waals surface area contributed by atoms with E-state index in [2.05, 4.69) is 5.32 Å². The summed E-state index contributed by atoms with van der Waals surface area (Å²) in [4.78, 5) is 27.3. The van der Waals surface area contributed by atoms with Gasteiger partial charge in [-0.25, -0.2) is 0 Å². The standard InChI is InChI=1S/C19H28N4O4S/c1-21(2)28(26,27)23-13-9-15(10-14-23)18(24)20-17-8-4-3-7-16(17)19(25)22-11-5-6-12-22/h3-4,7-8,15H,5-6,9-14H2,1-2H3,(H,20,24). The minimum Gasteiger partial charge on any atom is -0.339 e. The summed E-state index contributed by atoms with van der Waals surface area (Å²) in [7, 11) is -0.446. The van der Waals surface area contributed by atoms with E-state index in [-0.39, 0.29) is 17.7 Å². The first-order chi connectivity index (χ1) is 13.3. The van der Waals surface area contributed by atoms with Gasteiger partial charge in [0, 0.05) is 46.2 Å². The van der Waals surface area contributed by atoms with Gasteiger partial charge in [0.25, 0.3) is 16.1 Å². The van der Waals surface area contributed by atoms with Gasteiger partial charge in [-0.1, -0.05) is 12.1 Å². The molecule has 3 rings (SSSR count). The molecule has 0 radical (unpaired) electrons. The molecule has 2 saturated heterocycles. The van der Waals surface area contributed by atoms with E-state index in [4.69, 9.17) is 0 Å². The van der Waals surface area contributed by atoms with Gasteiger partial charge in [-0.3, -0.25) is 9.59 Å². The van der Waals surface area contributed by atoms with Crippen LogP contribution in [0.4, 0.5) is 5.69 Å². The Kier molecular flexibility index (Phi) is 6.36. The van der Waals surface area contributed by atoms with Crippen molar-refractivity contribution in [1.82, 2.24) is 13.5 Å². The number of anilines is 1. The second kappa shape index (κ2) is 8.59. The summed E-state index contributed by atoms with van der Waals surface area (Å²) in [5.74, 6) is -0.493. The number of para-hydroxylation sites is 1. The number of nitrogens with zero attached hydrogens (tertiary/aromatic N) is 3. The fourth-order valence-electron chi connectivity index (χ4n) is 3.68. The number of rotatable bonds is 5. The van der Waals surface area contributed by atoms with E-state index in [1.807, 2.05) is 4.90 Å². The molecule has 0 aromatic heterocycles. The monoisotopic (exact) mass is 408 g/mol. The lowest BCUT2D eigenvalue weighted by atomic mass is 9.97. The second-order valence-electron chi connectivity index (χ2n) is 7.50. The lowest BCUT2D eigenvalue weighted by Crippen LogP contribution is -2.46. The highest BCUT2D eigenvalue weighted by Gasteiger charge is 2.32. The maximum atomic E-state index is 12.7. The Morgan fingerprint density at radius 3 is 2.25 bits per heavy atom. The van der Waals surface area contributed by atoms with Gasteiger partial charge in [0.15, 0.2) is 0 Å². The van der Waals surface area contributed by atoms with Gasteiger partial charge in [-0.2, -0.15) is 17.0 Å². The molecule has 2 amide bonds. The first kappa shape index (κ1) is 20.8. The molecule has 154 valence electrons. The number of carbonyl (C=O) groups is 2. The van der Waals surface area contributed by atoms with Crippen molar-refractivity contribution in [3.63, 3.8) is 0 Å². The molecule has 0 aliphatic carbocycles. The fraction of sp³-hybridized carbons (Fsp3) is 0.579. The number of amides is 2. The summed E-state index contributed by atoms with van der Waals surface area (Å²) in [6, 6.07) is 7.07. The Labute approximate surface area is 166 Å². The molecule has 0 spiro atoms. The van der Waals surface area contributed by atoms with Crippen LogP contribution in [0.1, 0.15) is 36.0 Å². The molecule has 1 N–H and O–H groups in total. The fourth-order valence-corrected chi connectivity index (χ4v) is 4.82. The number of hydrogen-bond donors (Lipinski definition) is 1. The quantitative estimate of drug-likeness (QED) is 0.797. The molecule has 2 aliphatic rings. The van der Waals surface area contributed by atoms with Crippen LogP contribution in [-0.4, -0.2) is 74.0 Å². The molecule has 0 atom stereocenters. The highest BCUT2D eigenvalue weighted by molar-refractivity contribution is 7.86. The van der Waals surface area contributed by atoms with Crippen molar-refractivity contribution < 1.29 is 18.0 Å². The smallest absolute Gasteiger partial charge is 0.281 e. The summed E-state index contributed by atoms with van der Waals surface area (Å²) in [5.41, 5.74) is 1.03. The van der Waals surface area contributed by atoms with E-state index >= 15 is 0 Å². The first-order valence-electron chi connectivity index (χ1n) is 9.67. The van der Waals surface area contributed by atoms with Gasteiger partial charge in [-0.05, 0) is 37.8 Å². The minimum absolute atomic E-state index is 0.0553. The van der Waals surface area contributed by atoms with E-state index in [1.165, 1.54) is 22.7 Å². The molecule has 2 aliphatic heterocycles. The molecule has 28 heavy (non-hydrogen) atoms. The van der Waals surface area contributed by atoms with Gasteiger partial charge >= 0.3 is 0 Å². The Balaban J connectivity index is 1.64. The number of piperidine rings is 1. The van der Waals surface area contributed by atoms with Crippen LogP contribution >= 0.6 is 0 Å². The average molecular weight is 409 g/mol. The zero-order chi connectivity index (χ0) is 20.3. The summed E-state index contributed by atoms with van der Waals surface area (Å²) < 4.78 is 27.0. The van der Waals surface area contributed by atoms with Crippen molar-refractivity contribution in [3.8, 4) is 0 Å². The third-order valence-electron chi connectivity index (χ3n) is 5.42. The maximum absolute atomic E-state index is 12.7. The molecule has 8 nitrogen and oxygen atoms in total. The predicted octanol–water partition coefficient (Wildman–Crippen LogP) is 1.38. The number of hydrogen-bond acceptors (Lipinski definition) is 4. The van der Waals surface area contributed by atoms with Crippen LogP contribution in [0.5, 0.6) is 0 Å². The van der Waals surface area contributed by atoms with Crippen molar-refractivity contribution >= 4 is 27.7 Å². The third-order valence-corrected chi connectivity index (χ3v) is 7.36. The minimum atomic E-state index is -3.45. The van der Waals surface area contributed by atoms with Crippen LogP contribution in [0.15, 0.2) is 24.3 Å². The number of benzene rings is 1. The van der Waals surface area contributed by atoms with Crippen LogP contribution in [-0.2, 0) is 15.0 Å². The summed E-state index contributed by atoms with van der Waals surface area (Å²) in [6.45, 7) is 2.12. The molecular weight excluding hydrogens is 380 g/mol. The maximum Gasteiger partial charge on any atom is 0.281 e. The van der Waals surface area contributed by atoms with E-state index in [0.29, 0.717) is 37.2 Å². The van der Waals surface area contributed by atoms with Crippen molar-refractivity contribution in [2.24, 2.45) is 5.92 Å². The van der Waals surface area contributed by atoms with Gasteiger partial charge in [0.2, 0.25) is 5.91 Å². The van der Waals surface area contributed by atoms with Crippen LogP contribution in [0.3, 0.4) is 0 Å². The lowest BCUT2D eigenvalue weighted by molar-refractivity contribution is -0.120. The predicted molar refractivity (Wildman–Crippen MR) is 107 cm³/mol. The molecule has 1 aromatic rings. The van der Waals surface area contributed by atoms with E-state index in [9.17, 15) is 18.0 Å². The van der Waals surface area contributed by atoms with Gasteiger partial charge in [0.05, 0.1) is 11.3 Å². The van der Waals surface area contributed by atoms with Crippen molar-refractivity contribution in [2.45, 2.75) is 25.7 Å². The highest BCUT2D eigenvalue weighted by Crippen LogP contribution is 2.24. The lowest BCUT2D eigenvalue weighted by Gasteiger charge is -2.32. The van der Waals surface area contributed by atoms with Crippen LogP contribution in [0.2, 0.25) is 0 Å². The third kappa shape index (κ3) is 4.37. The molecule has 0 bridgehead atoms. The largest absolute Gasteiger partial charge is 0.339 e. The van der Waals surface area contributed by atoms with Gasteiger partial charge in [-0.15, -0.1) is 0 Å². The normalized spacial score (nSPS) is 19.2. The zero-order valence-corrected chi connectivity index (χ0v) is 17.2. The number of carbonyl (C=O) groups excluding carboxylic acids is 2. The van der Waals surface area contributed by atoms with E-state index < -0.39 is 10.2 Å². The summed E-state index contributed by atoms with van der Waals surface area (Å²) >= 11 is 0. The van der Waals surface area contributed by atoms with Crippen LogP contribution in [0.25, 0.3) is 0 Å².